The highest BCUT2D eigenvalue weighted by atomic mass is 16.5. The number of nitrogens with zero attached hydrogens (tertiary/aromatic N) is 2. The van der Waals surface area contributed by atoms with Crippen LogP contribution in [-0.4, -0.2) is 29.3 Å². The smallest absolute Gasteiger partial charge is 0.161 e. The topological polar surface area (TPSA) is 64.5 Å². The average molecular weight is 274 g/mol. The van der Waals surface area contributed by atoms with Gasteiger partial charge in [-0.25, -0.2) is 9.97 Å². The first-order valence-electron chi connectivity index (χ1n) is 6.31. The van der Waals surface area contributed by atoms with Crippen LogP contribution < -0.4 is 9.47 Å². The number of rotatable bonds is 5. The number of aliphatic hydroxyl groups excluding tert-OH is 1. The second-order valence-electron chi connectivity index (χ2n) is 4.44. The van der Waals surface area contributed by atoms with Gasteiger partial charge in [0.2, 0.25) is 0 Å². The summed E-state index contributed by atoms with van der Waals surface area (Å²) in [4.78, 5) is 8.69. The van der Waals surface area contributed by atoms with Crippen LogP contribution in [0.3, 0.4) is 0 Å². The minimum atomic E-state index is -0.0811. The summed E-state index contributed by atoms with van der Waals surface area (Å²) >= 11 is 0. The summed E-state index contributed by atoms with van der Waals surface area (Å²) in [6, 6.07) is 7.49. The lowest BCUT2D eigenvalue weighted by Gasteiger charge is -2.09. The first-order valence-corrected chi connectivity index (χ1v) is 6.31. The van der Waals surface area contributed by atoms with Crippen molar-refractivity contribution in [3.05, 3.63) is 47.0 Å². The van der Waals surface area contributed by atoms with Crippen molar-refractivity contribution in [2.24, 2.45) is 0 Å². The van der Waals surface area contributed by atoms with Crippen LogP contribution in [0.4, 0.5) is 0 Å². The zero-order chi connectivity index (χ0) is 14.5. The number of methoxy groups -OCH3 is 2. The minimum Gasteiger partial charge on any atom is -0.493 e. The minimum absolute atomic E-state index is 0.0811. The highest BCUT2D eigenvalue weighted by Gasteiger charge is 2.07. The van der Waals surface area contributed by atoms with Crippen LogP contribution >= 0.6 is 0 Å². The average Bonchev–Trinajstić information content (AvgIpc) is 2.46. The second-order valence-corrected chi connectivity index (χ2v) is 4.44. The Bertz CT molecular complexity index is 600. The summed E-state index contributed by atoms with van der Waals surface area (Å²) in [7, 11) is 3.21. The Morgan fingerprint density at radius 1 is 1.05 bits per heavy atom. The summed E-state index contributed by atoms with van der Waals surface area (Å²) in [5.41, 5.74) is 2.50. The third-order valence-electron chi connectivity index (χ3n) is 2.93. The molecule has 2 rings (SSSR count). The van der Waals surface area contributed by atoms with Crippen molar-refractivity contribution in [2.75, 3.05) is 14.2 Å². The van der Waals surface area contributed by atoms with E-state index in [9.17, 15) is 5.11 Å². The van der Waals surface area contributed by atoms with Gasteiger partial charge in [0.1, 0.15) is 5.82 Å². The summed E-state index contributed by atoms with van der Waals surface area (Å²) in [5.74, 6) is 2.05. The van der Waals surface area contributed by atoms with Crippen molar-refractivity contribution in [2.45, 2.75) is 20.0 Å². The van der Waals surface area contributed by atoms with Crippen molar-refractivity contribution in [1.82, 2.24) is 9.97 Å². The molecule has 1 N–H and O–H groups in total. The molecule has 20 heavy (non-hydrogen) atoms. The van der Waals surface area contributed by atoms with Crippen LogP contribution in [0.5, 0.6) is 11.5 Å². The van der Waals surface area contributed by atoms with E-state index in [1.54, 1.807) is 20.3 Å². The molecular weight excluding hydrogens is 256 g/mol. The number of aliphatic hydroxyl groups is 1. The van der Waals surface area contributed by atoms with E-state index >= 15 is 0 Å². The molecular formula is C15H18N2O3. The van der Waals surface area contributed by atoms with Gasteiger partial charge in [-0.2, -0.15) is 0 Å². The summed E-state index contributed by atoms with van der Waals surface area (Å²) in [6.07, 6.45) is 0.578. The van der Waals surface area contributed by atoms with E-state index in [-0.39, 0.29) is 6.61 Å². The fraction of sp³-hybridized carbons (Fsp3) is 0.333. The number of hydrogen-bond donors (Lipinski definition) is 1. The molecule has 0 unspecified atom stereocenters. The molecule has 2 aromatic rings. The maximum Gasteiger partial charge on any atom is 0.161 e. The molecule has 5 heteroatoms. The van der Waals surface area contributed by atoms with Crippen molar-refractivity contribution >= 4 is 0 Å². The summed E-state index contributed by atoms with van der Waals surface area (Å²) in [5, 5.41) is 9.18. The Labute approximate surface area is 118 Å². The van der Waals surface area contributed by atoms with E-state index in [4.69, 9.17) is 9.47 Å². The molecule has 0 amide bonds. The van der Waals surface area contributed by atoms with E-state index < -0.39 is 0 Å². The van der Waals surface area contributed by atoms with E-state index in [0.29, 0.717) is 29.4 Å². The van der Waals surface area contributed by atoms with Crippen LogP contribution in [0.15, 0.2) is 24.3 Å². The molecule has 0 aliphatic heterocycles. The van der Waals surface area contributed by atoms with Gasteiger partial charge in [0.05, 0.1) is 26.5 Å². The molecule has 0 radical (unpaired) electrons. The van der Waals surface area contributed by atoms with Crippen LogP contribution in [0.25, 0.3) is 0 Å². The van der Waals surface area contributed by atoms with Crippen molar-refractivity contribution < 1.29 is 14.6 Å². The van der Waals surface area contributed by atoms with Gasteiger partial charge in [0.25, 0.3) is 0 Å². The molecule has 0 aliphatic rings. The molecule has 0 atom stereocenters. The van der Waals surface area contributed by atoms with Gasteiger partial charge >= 0.3 is 0 Å². The fourth-order valence-electron chi connectivity index (χ4n) is 2.03. The number of ether oxygens (including phenoxy) is 2. The van der Waals surface area contributed by atoms with Crippen molar-refractivity contribution in [1.29, 1.82) is 0 Å². The highest BCUT2D eigenvalue weighted by Crippen LogP contribution is 2.28. The summed E-state index contributed by atoms with van der Waals surface area (Å²) in [6.45, 7) is 1.81. The van der Waals surface area contributed by atoms with Gasteiger partial charge in [-0.3, -0.25) is 0 Å². The van der Waals surface area contributed by atoms with Crippen LogP contribution in [0.1, 0.15) is 22.8 Å². The fourth-order valence-corrected chi connectivity index (χ4v) is 2.03. The first-order chi connectivity index (χ1) is 9.66. The van der Waals surface area contributed by atoms with Crippen molar-refractivity contribution in [3.8, 4) is 11.5 Å². The van der Waals surface area contributed by atoms with E-state index in [2.05, 4.69) is 9.97 Å². The molecule has 1 aromatic carbocycles. The SMILES string of the molecule is COc1ccc(Cc2nc(C)cc(CO)n2)cc1OC. The molecule has 5 nitrogen and oxygen atoms in total. The Kier molecular flexibility index (Phi) is 4.53. The Morgan fingerprint density at radius 3 is 2.45 bits per heavy atom. The second kappa shape index (κ2) is 6.34. The maximum absolute atomic E-state index is 9.18. The van der Waals surface area contributed by atoms with Crippen LogP contribution in [0.2, 0.25) is 0 Å². The standard InChI is InChI=1S/C15H18N2O3/c1-10-6-12(9-18)17-15(16-10)8-11-4-5-13(19-2)14(7-11)20-3/h4-7,18H,8-9H2,1-3H3. The lowest BCUT2D eigenvalue weighted by atomic mass is 10.1. The van der Waals surface area contributed by atoms with Gasteiger partial charge in [-0.1, -0.05) is 6.07 Å². The van der Waals surface area contributed by atoms with Gasteiger partial charge in [-0.05, 0) is 30.7 Å². The van der Waals surface area contributed by atoms with E-state index in [1.165, 1.54) is 0 Å². The normalized spacial score (nSPS) is 10.4. The number of benzene rings is 1. The zero-order valence-electron chi connectivity index (χ0n) is 11.9. The Balaban J connectivity index is 2.27. The molecule has 0 spiro atoms. The number of aryl methyl sites for hydroxylation is 1. The molecule has 0 saturated heterocycles. The van der Waals surface area contributed by atoms with Crippen LogP contribution in [-0.2, 0) is 13.0 Å². The van der Waals surface area contributed by atoms with Crippen molar-refractivity contribution in [3.63, 3.8) is 0 Å². The maximum atomic E-state index is 9.18. The number of hydrogen-bond acceptors (Lipinski definition) is 5. The predicted molar refractivity (Wildman–Crippen MR) is 75.0 cm³/mol. The molecule has 106 valence electrons. The molecule has 1 heterocycles. The molecule has 0 aliphatic carbocycles. The van der Waals surface area contributed by atoms with Gasteiger partial charge in [0, 0.05) is 12.1 Å². The largest absolute Gasteiger partial charge is 0.493 e. The Morgan fingerprint density at radius 2 is 1.80 bits per heavy atom. The zero-order valence-corrected chi connectivity index (χ0v) is 11.9. The third kappa shape index (κ3) is 3.24. The molecule has 0 fully saturated rings. The lowest BCUT2D eigenvalue weighted by Crippen LogP contribution is -2.03. The van der Waals surface area contributed by atoms with E-state index in [0.717, 1.165) is 11.3 Å². The molecule has 0 saturated carbocycles. The number of aromatic nitrogens is 2. The monoisotopic (exact) mass is 274 g/mol. The predicted octanol–water partition coefficient (Wildman–Crippen LogP) is 1.89. The van der Waals surface area contributed by atoms with Gasteiger partial charge < -0.3 is 14.6 Å². The van der Waals surface area contributed by atoms with E-state index in [1.807, 2.05) is 25.1 Å². The van der Waals surface area contributed by atoms with Gasteiger partial charge in [0.15, 0.2) is 11.5 Å². The highest BCUT2D eigenvalue weighted by molar-refractivity contribution is 5.43. The third-order valence-corrected chi connectivity index (χ3v) is 2.93. The summed E-state index contributed by atoms with van der Waals surface area (Å²) < 4.78 is 10.5. The molecule has 0 bridgehead atoms. The van der Waals surface area contributed by atoms with Crippen LogP contribution in [0, 0.1) is 6.92 Å². The first kappa shape index (κ1) is 14.3. The quantitative estimate of drug-likeness (QED) is 0.902. The Hall–Kier alpha value is -2.14. The lowest BCUT2D eigenvalue weighted by molar-refractivity contribution is 0.276. The molecule has 1 aromatic heterocycles. The van der Waals surface area contributed by atoms with Gasteiger partial charge in [-0.15, -0.1) is 0 Å².